The smallest absolute Gasteiger partial charge is 0.348 e. The van der Waals surface area contributed by atoms with Gasteiger partial charge >= 0.3 is 5.97 Å². The summed E-state index contributed by atoms with van der Waals surface area (Å²) in [4.78, 5) is 25.8. The predicted octanol–water partition coefficient (Wildman–Crippen LogP) is 2.84. The van der Waals surface area contributed by atoms with Gasteiger partial charge in [0.05, 0.1) is 6.07 Å². The zero-order chi connectivity index (χ0) is 17.0. The Balaban J connectivity index is 1.90. The lowest BCUT2D eigenvalue weighted by Gasteiger charge is -2.27. The van der Waals surface area contributed by atoms with E-state index < -0.39 is 17.4 Å². The van der Waals surface area contributed by atoms with E-state index in [0.717, 1.165) is 25.7 Å². The lowest BCUT2D eigenvalue weighted by molar-refractivity contribution is -0.125. The van der Waals surface area contributed by atoms with Crippen LogP contribution in [0.5, 0.6) is 0 Å². The van der Waals surface area contributed by atoms with E-state index in [9.17, 15) is 14.9 Å². The molecular weight excluding hydrogens is 312 g/mol. The maximum Gasteiger partial charge on any atom is 0.348 e. The highest BCUT2D eigenvalue weighted by Gasteiger charge is 2.30. The highest BCUT2D eigenvalue weighted by atomic mass is 32.1. The first kappa shape index (κ1) is 17.5. The van der Waals surface area contributed by atoms with Gasteiger partial charge < -0.3 is 10.1 Å². The van der Waals surface area contributed by atoms with Gasteiger partial charge in [-0.2, -0.15) is 5.26 Å². The first-order chi connectivity index (χ1) is 10.9. The summed E-state index contributed by atoms with van der Waals surface area (Å²) in [5, 5.41) is 11.8. The van der Waals surface area contributed by atoms with E-state index in [2.05, 4.69) is 11.4 Å². The summed E-state index contributed by atoms with van der Waals surface area (Å²) in [6.45, 7) is 4.99. The number of esters is 1. The lowest BCUT2D eigenvalue weighted by atomic mass is 9.90. The van der Waals surface area contributed by atoms with Crippen LogP contribution in [0.25, 0.3) is 0 Å². The molecule has 23 heavy (non-hydrogen) atoms. The van der Waals surface area contributed by atoms with Crippen LogP contribution in [0.15, 0.2) is 6.07 Å². The van der Waals surface area contributed by atoms with Gasteiger partial charge in [-0.05, 0) is 50.2 Å². The number of nitrogens with zero attached hydrogens (tertiary/aromatic N) is 1. The highest BCUT2D eigenvalue weighted by molar-refractivity contribution is 7.14. The van der Waals surface area contributed by atoms with Crippen LogP contribution in [0.3, 0.4) is 0 Å². The number of thiophene rings is 1. The van der Waals surface area contributed by atoms with Gasteiger partial charge in [-0.15, -0.1) is 11.3 Å². The van der Waals surface area contributed by atoms with Crippen molar-refractivity contribution in [3.63, 3.8) is 0 Å². The normalized spacial score (nSPS) is 16.1. The topological polar surface area (TPSA) is 79.2 Å². The number of carbonyl (C=O) groups is 2. The van der Waals surface area contributed by atoms with Crippen LogP contribution < -0.4 is 5.32 Å². The standard InChI is InChI=1S/C17H22N2O3S/c1-11(2)17(3,10-18)19-15(20)9-22-16(21)14-8-12-6-4-5-7-13(12)23-14/h8,11H,4-7,9H2,1-3H3,(H,19,20)/t17-/m0/s1. The van der Waals surface area contributed by atoms with Gasteiger partial charge in [0.25, 0.3) is 5.91 Å². The Morgan fingerprint density at radius 2 is 2.13 bits per heavy atom. The van der Waals surface area contributed by atoms with Crippen molar-refractivity contribution in [1.82, 2.24) is 5.32 Å². The summed E-state index contributed by atoms with van der Waals surface area (Å²) in [5.41, 5.74) is 0.264. The maximum absolute atomic E-state index is 12.1. The summed E-state index contributed by atoms with van der Waals surface area (Å²) >= 11 is 1.46. The number of amides is 1. The molecule has 0 saturated heterocycles. The number of rotatable bonds is 5. The van der Waals surface area contributed by atoms with Crippen molar-refractivity contribution in [3.05, 3.63) is 21.4 Å². The van der Waals surface area contributed by atoms with E-state index in [1.54, 1.807) is 6.92 Å². The van der Waals surface area contributed by atoms with Crippen LogP contribution in [0.1, 0.15) is 53.7 Å². The molecule has 1 aromatic rings. The molecule has 1 amide bonds. The molecule has 124 valence electrons. The van der Waals surface area contributed by atoms with Crippen molar-refractivity contribution < 1.29 is 14.3 Å². The third kappa shape index (κ3) is 4.11. The molecule has 0 radical (unpaired) electrons. The average Bonchev–Trinajstić information content (AvgIpc) is 2.96. The predicted molar refractivity (Wildman–Crippen MR) is 88.2 cm³/mol. The van der Waals surface area contributed by atoms with Crippen molar-refractivity contribution in [2.24, 2.45) is 5.92 Å². The molecule has 6 heteroatoms. The van der Waals surface area contributed by atoms with Gasteiger partial charge in [-0.3, -0.25) is 4.79 Å². The largest absolute Gasteiger partial charge is 0.451 e. The first-order valence-corrected chi connectivity index (χ1v) is 8.68. The Hall–Kier alpha value is -1.87. The van der Waals surface area contributed by atoms with Crippen LogP contribution in [-0.2, 0) is 22.4 Å². The molecule has 0 aliphatic heterocycles. The van der Waals surface area contributed by atoms with Crippen LogP contribution >= 0.6 is 11.3 Å². The van der Waals surface area contributed by atoms with Crippen LogP contribution in [0.2, 0.25) is 0 Å². The third-order valence-corrected chi connectivity index (χ3v) is 5.54. The molecule has 1 atom stereocenters. The maximum atomic E-state index is 12.1. The van der Waals surface area contributed by atoms with Gasteiger partial charge in [0.1, 0.15) is 10.4 Å². The van der Waals surface area contributed by atoms with Gasteiger partial charge in [-0.25, -0.2) is 4.79 Å². The zero-order valence-corrected chi connectivity index (χ0v) is 14.6. The van der Waals surface area contributed by atoms with Crippen molar-refractivity contribution in [1.29, 1.82) is 5.26 Å². The molecular formula is C17H22N2O3S. The minimum atomic E-state index is -0.967. The number of nitriles is 1. The molecule has 0 spiro atoms. The summed E-state index contributed by atoms with van der Waals surface area (Å²) in [5.74, 6) is -0.976. The zero-order valence-electron chi connectivity index (χ0n) is 13.8. The second kappa shape index (κ2) is 7.14. The monoisotopic (exact) mass is 334 g/mol. The van der Waals surface area contributed by atoms with Gasteiger partial charge in [-0.1, -0.05) is 13.8 Å². The number of nitrogens with one attached hydrogen (secondary N) is 1. The quantitative estimate of drug-likeness (QED) is 0.840. The Labute approximate surface area is 140 Å². The Bertz CT molecular complexity index is 621. The fourth-order valence-electron chi connectivity index (χ4n) is 2.42. The van der Waals surface area contributed by atoms with Crippen LogP contribution in [0, 0.1) is 17.2 Å². The van der Waals surface area contributed by atoms with E-state index in [4.69, 9.17) is 4.74 Å². The average molecular weight is 334 g/mol. The van der Waals surface area contributed by atoms with Crippen LogP contribution in [0.4, 0.5) is 0 Å². The lowest BCUT2D eigenvalue weighted by Crippen LogP contribution is -2.50. The van der Waals surface area contributed by atoms with Gasteiger partial charge in [0.15, 0.2) is 6.61 Å². The van der Waals surface area contributed by atoms with Crippen LogP contribution in [-0.4, -0.2) is 24.0 Å². The molecule has 0 saturated carbocycles. The summed E-state index contributed by atoms with van der Waals surface area (Å²) in [6, 6.07) is 3.97. The highest BCUT2D eigenvalue weighted by Crippen LogP contribution is 2.30. The number of ether oxygens (including phenoxy) is 1. The summed E-state index contributed by atoms with van der Waals surface area (Å²) in [7, 11) is 0. The molecule has 5 nitrogen and oxygen atoms in total. The second-order valence-corrected chi connectivity index (χ2v) is 7.50. The van der Waals surface area contributed by atoms with Gasteiger partial charge in [0.2, 0.25) is 0 Å². The minimum Gasteiger partial charge on any atom is -0.451 e. The molecule has 1 N–H and O–H groups in total. The summed E-state index contributed by atoms with van der Waals surface area (Å²) < 4.78 is 5.09. The number of hydrogen-bond acceptors (Lipinski definition) is 5. The van der Waals surface area contributed by atoms with E-state index >= 15 is 0 Å². The van der Waals surface area contributed by atoms with E-state index in [1.165, 1.54) is 21.8 Å². The van der Waals surface area contributed by atoms with E-state index in [1.807, 2.05) is 19.9 Å². The Morgan fingerprint density at radius 3 is 2.74 bits per heavy atom. The van der Waals surface area contributed by atoms with Crippen molar-refractivity contribution >= 4 is 23.2 Å². The van der Waals surface area contributed by atoms with Gasteiger partial charge in [0, 0.05) is 4.88 Å². The molecule has 0 unspecified atom stereocenters. The Morgan fingerprint density at radius 1 is 1.43 bits per heavy atom. The van der Waals surface area contributed by atoms with Crippen molar-refractivity contribution in [2.75, 3.05) is 6.61 Å². The summed E-state index contributed by atoms with van der Waals surface area (Å²) in [6.07, 6.45) is 4.34. The molecule has 2 rings (SSSR count). The minimum absolute atomic E-state index is 0.0452. The number of hydrogen-bond donors (Lipinski definition) is 1. The molecule has 1 aromatic heterocycles. The number of carbonyl (C=O) groups excluding carboxylic acids is 2. The van der Waals surface area contributed by atoms with Crippen molar-refractivity contribution in [3.8, 4) is 6.07 Å². The van der Waals surface area contributed by atoms with E-state index in [-0.39, 0.29) is 12.5 Å². The third-order valence-electron chi connectivity index (χ3n) is 4.32. The van der Waals surface area contributed by atoms with Crippen molar-refractivity contribution in [2.45, 2.75) is 52.0 Å². The SMILES string of the molecule is CC(C)[C@](C)(C#N)NC(=O)COC(=O)c1cc2c(s1)CCCC2. The fourth-order valence-corrected chi connectivity index (χ4v) is 3.57. The molecule has 0 bridgehead atoms. The number of fused-ring (bicyclic) bond motifs is 1. The van der Waals surface area contributed by atoms with E-state index in [0.29, 0.717) is 4.88 Å². The second-order valence-electron chi connectivity index (χ2n) is 6.36. The molecule has 1 heterocycles. The molecule has 1 aliphatic rings. The first-order valence-electron chi connectivity index (χ1n) is 7.86. The molecule has 1 aliphatic carbocycles. The Kier molecular flexibility index (Phi) is 5.42. The molecule has 0 aromatic carbocycles. The fraction of sp³-hybridized carbons (Fsp3) is 0.588. The molecule has 0 fully saturated rings. The number of aryl methyl sites for hydroxylation is 2.